The molecule has 0 aliphatic carbocycles. The molecule has 4 aromatic carbocycles. The van der Waals surface area contributed by atoms with Gasteiger partial charge in [0.1, 0.15) is 0 Å². The van der Waals surface area contributed by atoms with Crippen LogP contribution in [-0.4, -0.2) is 0 Å². The molecular formula is C64H62N4O8. The van der Waals surface area contributed by atoms with Gasteiger partial charge in [-0.05, 0) is 112 Å². The Morgan fingerprint density at radius 3 is 0.539 bits per heavy atom. The monoisotopic (exact) mass is 1010 g/mol. The minimum atomic E-state index is 0.669. The van der Waals surface area contributed by atoms with E-state index >= 15 is 0 Å². The van der Waals surface area contributed by atoms with Gasteiger partial charge in [0.25, 0.3) is 0 Å². The van der Waals surface area contributed by atoms with Gasteiger partial charge in [-0.1, -0.05) is 79.7 Å². The van der Waals surface area contributed by atoms with Crippen molar-refractivity contribution >= 4 is 102 Å². The molecule has 0 unspecified atom stereocenters. The van der Waals surface area contributed by atoms with E-state index in [9.17, 15) is 0 Å². The lowest BCUT2D eigenvalue weighted by Crippen LogP contribution is -2.17. The van der Waals surface area contributed by atoms with E-state index in [-0.39, 0.29) is 0 Å². The zero-order valence-corrected chi connectivity index (χ0v) is 44.4. The van der Waals surface area contributed by atoms with Crippen molar-refractivity contribution < 1.29 is 35.3 Å². The molecule has 76 heavy (non-hydrogen) atoms. The minimum absolute atomic E-state index is 0.669. The molecule has 12 aromatic rings. The second-order valence-electron chi connectivity index (χ2n) is 19.1. The van der Waals surface area contributed by atoms with Gasteiger partial charge in [0, 0.05) is 76.8 Å². The molecule has 0 radical (unpaired) electrons. The molecule has 0 fully saturated rings. The molecule has 0 saturated carbocycles. The zero-order valence-electron chi connectivity index (χ0n) is 44.4. The third kappa shape index (κ3) is 7.55. The first-order chi connectivity index (χ1) is 37.4. The molecule has 0 atom stereocenters. The van der Waals surface area contributed by atoms with Gasteiger partial charge < -0.3 is 35.3 Å². The number of anilines is 12. The Morgan fingerprint density at radius 2 is 0.395 bits per heavy atom. The van der Waals surface area contributed by atoms with Gasteiger partial charge in [0.15, 0.2) is 0 Å². The van der Waals surface area contributed by atoms with Gasteiger partial charge in [-0.3, -0.25) is 0 Å². The molecule has 8 heterocycles. The number of hydrogen-bond acceptors (Lipinski definition) is 12. The van der Waals surface area contributed by atoms with E-state index < -0.39 is 0 Å². The third-order valence-electron chi connectivity index (χ3n) is 15.2. The Hall–Kier alpha value is -8.64. The lowest BCUT2D eigenvalue weighted by atomic mass is 9.89. The first kappa shape index (κ1) is 48.3. The molecule has 12 nitrogen and oxygen atoms in total. The number of furan rings is 8. The topological polar surface area (TPSA) is 118 Å². The maximum atomic E-state index is 6.62. The summed E-state index contributed by atoms with van der Waals surface area (Å²) in [6.07, 6.45) is 20.0. The van der Waals surface area contributed by atoms with Crippen LogP contribution in [0.5, 0.6) is 0 Å². The first-order valence-corrected chi connectivity index (χ1v) is 26.9. The summed E-state index contributed by atoms with van der Waals surface area (Å²) in [5.41, 5.74) is 11.6. The van der Waals surface area contributed by atoms with E-state index in [1.807, 2.05) is 48.5 Å². The van der Waals surface area contributed by atoms with Crippen molar-refractivity contribution in [2.45, 2.75) is 107 Å². The van der Waals surface area contributed by atoms with Gasteiger partial charge in [-0.15, -0.1) is 0 Å². The van der Waals surface area contributed by atoms with Crippen molar-refractivity contribution in [2.24, 2.45) is 0 Å². The molecule has 0 spiro atoms. The standard InChI is InChI=1S/C64H62N4O8/c1-9-39-21-29-69-57(39)65(58-40(10-2)22-30-70-58)51-37-52(66(59-41(11-3)23-31-71-59)60-42(12-4)24-32-72-60)48-19-20-50-54(68(63-45(15-7)27-35-75-63)64-46(16-8)28-36-76-64)38-53(49-18-17-47(51)55(48)56(49)50)67(61-43(13-5)25-33-73-61)62-44(14-6)26-34-74-62/h17-38H,9-16H2,1-8H3. The molecule has 0 N–H and O–H groups in total. The lowest BCUT2D eigenvalue weighted by molar-refractivity contribution is 0.534. The Labute approximate surface area is 441 Å². The highest BCUT2D eigenvalue weighted by molar-refractivity contribution is 6.33. The van der Waals surface area contributed by atoms with Gasteiger partial charge in [-0.25, -0.2) is 19.6 Å². The van der Waals surface area contributed by atoms with Crippen molar-refractivity contribution in [1.29, 1.82) is 0 Å². The molecule has 12 heteroatoms. The summed E-state index contributed by atoms with van der Waals surface area (Å²) < 4.78 is 52.9. The van der Waals surface area contributed by atoms with Crippen LogP contribution < -0.4 is 19.6 Å². The largest absolute Gasteiger partial charge is 0.448 e. The van der Waals surface area contributed by atoms with Crippen LogP contribution in [0.4, 0.5) is 69.8 Å². The van der Waals surface area contributed by atoms with E-state index in [0.29, 0.717) is 47.1 Å². The molecule has 0 aliphatic rings. The van der Waals surface area contributed by atoms with Crippen LogP contribution in [-0.2, 0) is 51.4 Å². The molecule has 12 rings (SSSR count). The fourth-order valence-corrected chi connectivity index (χ4v) is 11.2. The minimum Gasteiger partial charge on any atom is -0.448 e. The predicted octanol–water partition coefficient (Wildman–Crippen LogP) is 19.7. The van der Waals surface area contributed by atoms with E-state index in [2.05, 4.69) is 111 Å². The predicted molar refractivity (Wildman–Crippen MR) is 302 cm³/mol. The molecular weight excluding hydrogens is 953 g/mol. The zero-order chi connectivity index (χ0) is 52.2. The van der Waals surface area contributed by atoms with Crippen molar-refractivity contribution in [3.63, 3.8) is 0 Å². The summed E-state index contributed by atoms with van der Waals surface area (Å²) in [4.78, 5) is 8.65. The van der Waals surface area contributed by atoms with E-state index in [1.165, 1.54) is 0 Å². The highest BCUT2D eigenvalue weighted by Gasteiger charge is 2.36. The summed E-state index contributed by atoms with van der Waals surface area (Å²) in [6.45, 7) is 17.2. The summed E-state index contributed by atoms with van der Waals surface area (Å²) in [5.74, 6) is 5.35. The van der Waals surface area contributed by atoms with Crippen LogP contribution in [0.25, 0.3) is 32.3 Å². The molecule has 8 aromatic heterocycles. The SMILES string of the molecule is CCc1ccoc1N(c1occc1CC)c1cc(N(c2occc2CC)c2occc2CC)c2ccc3c(N(c4occc4CC)c4occc4CC)cc(N(c4occc4CC)c4occc4CC)c4ccc1c2c43. The molecule has 0 saturated heterocycles. The number of aryl methyl sites for hydroxylation is 8. The smallest absolute Gasteiger partial charge is 0.209 e. The first-order valence-electron chi connectivity index (χ1n) is 26.9. The normalized spacial score (nSPS) is 11.8. The second-order valence-corrected chi connectivity index (χ2v) is 19.1. The van der Waals surface area contributed by atoms with Crippen molar-refractivity contribution in [2.75, 3.05) is 19.6 Å². The average molecular weight is 1020 g/mol. The van der Waals surface area contributed by atoms with Gasteiger partial charge in [-0.2, -0.15) is 0 Å². The third-order valence-corrected chi connectivity index (χ3v) is 15.2. The Balaban J connectivity index is 1.32. The van der Waals surface area contributed by atoms with Crippen molar-refractivity contribution in [1.82, 2.24) is 0 Å². The van der Waals surface area contributed by atoms with Gasteiger partial charge in [0.2, 0.25) is 47.1 Å². The summed E-state index contributed by atoms with van der Waals surface area (Å²) in [6, 6.07) is 29.8. The van der Waals surface area contributed by atoms with E-state index in [4.69, 9.17) is 35.3 Å². The molecule has 0 bridgehead atoms. The summed E-state index contributed by atoms with van der Waals surface area (Å²) >= 11 is 0. The van der Waals surface area contributed by atoms with Crippen molar-refractivity contribution in [3.8, 4) is 0 Å². The van der Waals surface area contributed by atoms with E-state index in [1.54, 1.807) is 50.1 Å². The van der Waals surface area contributed by atoms with Crippen LogP contribution in [0.15, 0.2) is 170 Å². The summed E-state index contributed by atoms with van der Waals surface area (Å²) in [7, 11) is 0. The maximum Gasteiger partial charge on any atom is 0.209 e. The number of rotatable bonds is 20. The quantitative estimate of drug-likeness (QED) is 0.0676. The molecule has 386 valence electrons. The van der Waals surface area contributed by atoms with Crippen molar-refractivity contribution in [3.05, 3.63) is 180 Å². The fraction of sp³-hybridized carbons (Fsp3) is 0.250. The van der Waals surface area contributed by atoms with Gasteiger partial charge in [0.05, 0.1) is 72.9 Å². The van der Waals surface area contributed by atoms with Crippen LogP contribution in [0, 0.1) is 0 Å². The van der Waals surface area contributed by atoms with Crippen LogP contribution in [0.1, 0.15) is 99.9 Å². The Bertz CT molecular complexity index is 3290. The highest BCUT2D eigenvalue weighted by Crippen LogP contribution is 2.57. The van der Waals surface area contributed by atoms with Gasteiger partial charge >= 0.3 is 0 Å². The average Bonchev–Trinajstić information content (AvgIpc) is 4.33. The summed E-state index contributed by atoms with van der Waals surface area (Å²) in [5, 5.41) is 5.80. The van der Waals surface area contributed by atoms with E-state index in [0.717, 1.165) is 151 Å². The lowest BCUT2D eigenvalue weighted by Gasteiger charge is -2.32. The maximum absolute atomic E-state index is 6.62. The molecule has 0 aliphatic heterocycles. The number of nitrogens with zero attached hydrogens (tertiary/aromatic N) is 4. The Morgan fingerprint density at radius 1 is 0.237 bits per heavy atom. The molecule has 0 amide bonds. The van der Waals surface area contributed by atoms with Crippen LogP contribution >= 0.6 is 0 Å². The second kappa shape index (κ2) is 19.9. The Kier molecular flexibility index (Phi) is 12.6. The number of hydrogen-bond donors (Lipinski definition) is 0. The fourth-order valence-electron chi connectivity index (χ4n) is 11.2. The van der Waals surface area contributed by atoms with Crippen LogP contribution in [0.2, 0.25) is 0 Å². The highest BCUT2D eigenvalue weighted by atomic mass is 16.4. The number of benzene rings is 4. The van der Waals surface area contributed by atoms with Crippen LogP contribution in [0.3, 0.4) is 0 Å².